The minimum absolute atomic E-state index is 0.0581. The average molecular weight is 484 g/mol. The van der Waals surface area contributed by atoms with Crippen LogP contribution in [0.15, 0.2) is 10.5 Å². The van der Waals surface area contributed by atoms with Gasteiger partial charge in [0.2, 0.25) is 5.91 Å². The van der Waals surface area contributed by atoms with Crippen LogP contribution in [-0.4, -0.2) is 83.8 Å². The van der Waals surface area contributed by atoms with E-state index >= 15 is 0 Å². The maximum atomic E-state index is 12.6. The number of nitrogens with zero attached hydrogens (tertiary/aromatic N) is 3. The molecule has 1 aliphatic heterocycles. The minimum atomic E-state index is -5.07. The topological polar surface area (TPSA) is 194 Å². The van der Waals surface area contributed by atoms with Gasteiger partial charge in [0.05, 0.1) is 7.11 Å². The first-order chi connectivity index (χ1) is 14.0. The molecule has 3 amide bonds. The van der Waals surface area contributed by atoms with E-state index in [-0.39, 0.29) is 21.0 Å². The van der Waals surface area contributed by atoms with Gasteiger partial charge in [0, 0.05) is 5.38 Å². The second-order valence-corrected chi connectivity index (χ2v) is 7.79. The number of anilines is 1. The fourth-order valence-electron chi connectivity index (χ4n) is 2.31. The highest BCUT2D eigenvalue weighted by Crippen LogP contribution is 2.25. The molecule has 0 bridgehead atoms. The largest absolute Gasteiger partial charge is 0.467 e. The Balaban J connectivity index is 2.25. The molecule has 14 nitrogen and oxygen atoms in total. The summed E-state index contributed by atoms with van der Waals surface area (Å²) in [5.41, 5.74) is -0.501. The van der Waals surface area contributed by atoms with E-state index in [1.807, 2.05) is 0 Å². The third kappa shape index (κ3) is 4.84. The van der Waals surface area contributed by atoms with Crippen molar-refractivity contribution in [1.29, 1.82) is 0 Å². The molecule has 2 heterocycles. The van der Waals surface area contributed by atoms with Gasteiger partial charge in [-0.1, -0.05) is 5.16 Å². The Hall–Kier alpha value is -2.82. The van der Waals surface area contributed by atoms with Crippen molar-refractivity contribution >= 4 is 67.8 Å². The number of methoxy groups -OCH3 is 1. The summed E-state index contributed by atoms with van der Waals surface area (Å²) in [5, 5.41) is 9.42. The number of carbonyl (C=O) groups is 4. The highest BCUT2D eigenvalue weighted by atomic mass is 35.5. The molecule has 164 valence electrons. The van der Waals surface area contributed by atoms with Crippen molar-refractivity contribution in [2.75, 3.05) is 25.4 Å². The number of thiazole rings is 1. The maximum Gasteiger partial charge on any atom is 0.363 e. The molecule has 17 heteroatoms. The molecule has 0 spiro atoms. The van der Waals surface area contributed by atoms with Gasteiger partial charge in [0.25, 0.3) is 11.8 Å². The zero-order chi connectivity index (χ0) is 22.6. The second-order valence-electron chi connectivity index (χ2n) is 5.37. The maximum absolute atomic E-state index is 12.6. The van der Waals surface area contributed by atoms with Crippen molar-refractivity contribution in [3.05, 3.63) is 11.1 Å². The van der Waals surface area contributed by atoms with Crippen LogP contribution < -0.4 is 10.6 Å². The summed E-state index contributed by atoms with van der Waals surface area (Å²) < 4.78 is 36.0. The van der Waals surface area contributed by atoms with E-state index in [2.05, 4.69) is 30.3 Å². The van der Waals surface area contributed by atoms with Crippen molar-refractivity contribution in [3.8, 4) is 0 Å². The molecule has 0 radical (unpaired) electrons. The Morgan fingerprint density at radius 3 is 2.60 bits per heavy atom. The van der Waals surface area contributed by atoms with Crippen LogP contribution in [0.1, 0.15) is 5.69 Å². The Bertz CT molecular complexity index is 1010. The SMILES string of the molecule is CO/N=C(\C(=O)N[C@H]1C(=O)N(S(=O)(=O)O)[C@H]1C(=O)OC)c1csc(NC(=O)CCl)n1. The van der Waals surface area contributed by atoms with Crippen molar-refractivity contribution < 1.29 is 41.7 Å². The number of rotatable bonds is 8. The lowest BCUT2D eigenvalue weighted by Gasteiger charge is -2.41. The lowest BCUT2D eigenvalue weighted by atomic mass is 9.98. The van der Waals surface area contributed by atoms with Crippen molar-refractivity contribution in [2.45, 2.75) is 12.1 Å². The van der Waals surface area contributed by atoms with Gasteiger partial charge >= 0.3 is 16.3 Å². The first-order valence-electron chi connectivity index (χ1n) is 7.67. The fourth-order valence-corrected chi connectivity index (χ4v) is 3.92. The summed E-state index contributed by atoms with van der Waals surface area (Å²) in [6.07, 6.45) is 0. The first-order valence-corrected chi connectivity index (χ1v) is 10.5. The van der Waals surface area contributed by atoms with Crippen LogP contribution in [0.5, 0.6) is 0 Å². The van der Waals surface area contributed by atoms with E-state index in [1.54, 1.807) is 0 Å². The summed E-state index contributed by atoms with van der Waals surface area (Å²) in [5.74, 6) is -4.39. The molecular weight excluding hydrogens is 470 g/mol. The molecule has 1 fully saturated rings. The van der Waals surface area contributed by atoms with Crippen LogP contribution in [-0.2, 0) is 39.1 Å². The molecule has 2 rings (SSSR count). The standard InChI is InChI=1S/C13H14ClN5O9S2/c1-27-12(23)9-8(11(22)19(9)30(24,25)26)17-10(21)7(18-28-2)5-4-29-13(15-5)16-6(20)3-14/h4,8-9H,3H2,1-2H3,(H,17,21)(H,15,16,20)(H,24,25,26)/b18-7-/t8-,9-/m1/s1. The van der Waals surface area contributed by atoms with Crippen molar-refractivity contribution in [1.82, 2.24) is 14.6 Å². The average Bonchev–Trinajstić information content (AvgIpc) is 3.13. The van der Waals surface area contributed by atoms with Crippen LogP contribution in [0.3, 0.4) is 0 Å². The van der Waals surface area contributed by atoms with E-state index in [9.17, 15) is 27.6 Å². The fraction of sp³-hybridized carbons (Fsp3) is 0.385. The minimum Gasteiger partial charge on any atom is -0.467 e. The number of oxime groups is 1. The first kappa shape index (κ1) is 23.5. The van der Waals surface area contributed by atoms with E-state index < -0.39 is 51.8 Å². The molecule has 0 saturated carbocycles. The number of esters is 1. The van der Waals surface area contributed by atoms with Gasteiger partial charge in [0.15, 0.2) is 16.9 Å². The molecule has 1 saturated heterocycles. The number of aromatic nitrogens is 1. The Morgan fingerprint density at radius 1 is 1.40 bits per heavy atom. The number of hydrogen-bond acceptors (Lipinski definition) is 11. The van der Waals surface area contributed by atoms with E-state index in [4.69, 9.17) is 16.2 Å². The summed E-state index contributed by atoms with van der Waals surface area (Å²) in [7, 11) is -3.01. The van der Waals surface area contributed by atoms with Gasteiger partial charge in [-0.2, -0.15) is 12.7 Å². The number of nitrogens with one attached hydrogen (secondary N) is 2. The highest BCUT2D eigenvalue weighted by Gasteiger charge is 2.58. The van der Waals surface area contributed by atoms with Gasteiger partial charge in [-0.15, -0.1) is 22.9 Å². The summed E-state index contributed by atoms with van der Waals surface area (Å²) in [4.78, 5) is 56.4. The van der Waals surface area contributed by atoms with Gasteiger partial charge in [-0.3, -0.25) is 18.9 Å². The number of halogens is 1. The number of carbonyl (C=O) groups excluding carboxylic acids is 4. The molecule has 1 aromatic heterocycles. The number of β-lactam (4-membered cyclic amide) rings is 1. The van der Waals surface area contributed by atoms with Gasteiger partial charge in [0.1, 0.15) is 24.7 Å². The zero-order valence-corrected chi connectivity index (χ0v) is 17.6. The zero-order valence-electron chi connectivity index (χ0n) is 15.2. The van der Waals surface area contributed by atoms with Crippen molar-refractivity contribution in [3.63, 3.8) is 0 Å². The normalized spacial score (nSPS) is 19.0. The molecule has 30 heavy (non-hydrogen) atoms. The van der Waals surface area contributed by atoms with Crippen LogP contribution in [0.25, 0.3) is 0 Å². The molecule has 3 N–H and O–H groups in total. The third-order valence-electron chi connectivity index (χ3n) is 3.54. The highest BCUT2D eigenvalue weighted by molar-refractivity contribution is 7.84. The summed E-state index contributed by atoms with van der Waals surface area (Å²) in [6, 6.07) is -3.48. The molecule has 1 aliphatic rings. The summed E-state index contributed by atoms with van der Waals surface area (Å²) >= 11 is 6.32. The summed E-state index contributed by atoms with van der Waals surface area (Å²) in [6.45, 7) is 0. The van der Waals surface area contributed by atoms with Gasteiger partial charge in [-0.05, 0) is 0 Å². The van der Waals surface area contributed by atoms with Crippen LogP contribution in [0.4, 0.5) is 5.13 Å². The van der Waals surface area contributed by atoms with Crippen LogP contribution >= 0.6 is 22.9 Å². The van der Waals surface area contributed by atoms with Gasteiger partial charge in [-0.25, -0.2) is 9.78 Å². The quantitative estimate of drug-likeness (QED) is 0.0961. The smallest absolute Gasteiger partial charge is 0.363 e. The molecule has 2 atom stereocenters. The van der Waals surface area contributed by atoms with E-state index in [0.717, 1.165) is 25.6 Å². The Morgan fingerprint density at radius 2 is 2.07 bits per heavy atom. The number of ether oxygens (including phenoxy) is 1. The third-order valence-corrected chi connectivity index (χ3v) is 5.45. The van der Waals surface area contributed by atoms with Crippen molar-refractivity contribution in [2.24, 2.45) is 5.16 Å². The predicted octanol–water partition coefficient (Wildman–Crippen LogP) is -1.66. The lowest BCUT2D eigenvalue weighted by Crippen LogP contribution is -2.74. The molecular formula is C13H14ClN5O9S2. The monoisotopic (exact) mass is 483 g/mol. The second kappa shape index (κ2) is 9.33. The number of hydrogen-bond donors (Lipinski definition) is 3. The number of alkyl halides is 1. The Kier molecular flexibility index (Phi) is 7.30. The molecule has 1 aromatic rings. The van der Waals surface area contributed by atoms with E-state index in [1.165, 1.54) is 5.38 Å². The number of amides is 3. The lowest BCUT2D eigenvalue weighted by molar-refractivity contribution is -0.162. The van der Waals surface area contributed by atoms with Crippen LogP contribution in [0, 0.1) is 0 Å². The predicted molar refractivity (Wildman–Crippen MR) is 101 cm³/mol. The molecule has 0 aliphatic carbocycles. The molecule has 0 unspecified atom stereocenters. The van der Waals surface area contributed by atoms with E-state index in [0.29, 0.717) is 0 Å². The Labute approximate surface area is 178 Å². The molecule has 0 aromatic carbocycles. The van der Waals surface area contributed by atoms with Crippen LogP contribution in [0.2, 0.25) is 0 Å². The van der Waals surface area contributed by atoms with Gasteiger partial charge < -0.3 is 20.2 Å².